The minimum Gasteiger partial charge on any atom is -0.491 e. The molecule has 1 aromatic carbocycles. The predicted molar refractivity (Wildman–Crippen MR) is 122 cm³/mol. The van der Waals surface area contributed by atoms with E-state index in [9.17, 15) is 35.9 Å². The number of alkyl halides is 6. The Balaban J connectivity index is 1.27. The number of fused-ring (bicyclic) bond motifs is 1. The van der Waals surface area contributed by atoms with Gasteiger partial charge in [-0.2, -0.15) is 31.4 Å². The molecule has 2 aromatic heterocycles. The molecule has 0 aliphatic carbocycles. The van der Waals surface area contributed by atoms with E-state index in [4.69, 9.17) is 4.74 Å². The van der Waals surface area contributed by atoms with E-state index in [1.165, 1.54) is 21.9 Å². The van der Waals surface area contributed by atoms with E-state index < -0.39 is 41.2 Å². The van der Waals surface area contributed by atoms with Crippen molar-refractivity contribution in [3.63, 3.8) is 0 Å². The van der Waals surface area contributed by atoms with Gasteiger partial charge in [-0.05, 0) is 31.0 Å². The highest BCUT2D eigenvalue weighted by molar-refractivity contribution is 5.94. The van der Waals surface area contributed by atoms with Crippen molar-refractivity contribution in [3.05, 3.63) is 63.6 Å². The molecular weight excluding hydrogens is 536 g/mol. The molecule has 0 spiro atoms. The number of aromatic amines is 1. The number of nitrogens with zero attached hydrogens (tertiary/aromatic N) is 6. The number of nitrogens with one attached hydrogen (secondary N) is 1. The van der Waals surface area contributed by atoms with Gasteiger partial charge in [0.1, 0.15) is 17.9 Å². The van der Waals surface area contributed by atoms with Crippen molar-refractivity contribution in [2.45, 2.75) is 44.3 Å². The Kier molecular flexibility index (Phi) is 6.72. The summed E-state index contributed by atoms with van der Waals surface area (Å²) in [5, 5.41) is 12.1. The normalized spacial score (nSPS) is 17.8. The Hall–Kier alpha value is -4.11. The average Bonchev–Trinajstić information content (AvgIpc) is 3.53. The van der Waals surface area contributed by atoms with Crippen LogP contribution in [0.25, 0.3) is 0 Å². The number of hydrogen-bond acceptors (Lipinski definition) is 7. The van der Waals surface area contributed by atoms with Crippen LogP contribution in [0.3, 0.4) is 0 Å². The van der Waals surface area contributed by atoms with E-state index in [0.29, 0.717) is 12.8 Å². The van der Waals surface area contributed by atoms with Crippen LogP contribution < -0.4 is 15.2 Å². The lowest BCUT2D eigenvalue weighted by molar-refractivity contribution is -0.148. The summed E-state index contributed by atoms with van der Waals surface area (Å²) in [5.74, 6) is -1.26. The van der Waals surface area contributed by atoms with Crippen LogP contribution in [0, 0.1) is 0 Å². The topological polar surface area (TPSA) is 109 Å². The minimum atomic E-state index is -4.87. The number of amides is 1. The van der Waals surface area contributed by atoms with Crippen LogP contribution in [-0.4, -0.2) is 61.5 Å². The number of H-pyrrole nitrogens is 1. The number of benzene rings is 1. The second kappa shape index (κ2) is 9.89. The van der Waals surface area contributed by atoms with Crippen LogP contribution in [0.5, 0.6) is 5.75 Å². The van der Waals surface area contributed by atoms with E-state index in [1.54, 1.807) is 12.1 Å². The lowest BCUT2D eigenvalue weighted by atomic mass is 10.1. The number of halogens is 6. The zero-order valence-corrected chi connectivity index (χ0v) is 20.1. The SMILES string of the molecule is O=C(c1cccc(OCC2CCCN2c2cn[nH]c(=O)c2C(F)(F)F)c1)N1CCn2c(nnc2C(F)(F)F)C1. The fourth-order valence-corrected chi connectivity index (χ4v) is 4.84. The van der Waals surface area contributed by atoms with Crippen LogP contribution in [0.1, 0.15) is 40.4 Å². The molecule has 5 rings (SSSR count). The van der Waals surface area contributed by atoms with E-state index in [2.05, 4.69) is 15.3 Å². The van der Waals surface area contributed by atoms with Gasteiger partial charge in [-0.1, -0.05) is 6.07 Å². The fraction of sp³-hybridized carbons (Fsp3) is 0.435. The second-order valence-electron chi connectivity index (χ2n) is 9.10. The van der Waals surface area contributed by atoms with Gasteiger partial charge in [0, 0.05) is 25.2 Å². The molecule has 1 fully saturated rings. The Morgan fingerprint density at radius 2 is 1.87 bits per heavy atom. The quantitative estimate of drug-likeness (QED) is 0.481. The second-order valence-corrected chi connectivity index (χ2v) is 9.10. The third-order valence-electron chi connectivity index (χ3n) is 6.62. The molecule has 3 aromatic rings. The summed E-state index contributed by atoms with van der Waals surface area (Å²) in [6.45, 7) is -0.00441. The molecular formula is C23H21F6N7O3. The van der Waals surface area contributed by atoms with Crippen LogP contribution in [-0.2, 0) is 25.4 Å². The molecule has 208 valence electrons. The van der Waals surface area contributed by atoms with Crippen molar-refractivity contribution in [1.82, 2.24) is 29.9 Å². The van der Waals surface area contributed by atoms with Crippen LogP contribution in [0.4, 0.5) is 32.0 Å². The predicted octanol–water partition coefficient (Wildman–Crippen LogP) is 3.10. The van der Waals surface area contributed by atoms with Crippen LogP contribution >= 0.6 is 0 Å². The highest BCUT2D eigenvalue weighted by Gasteiger charge is 2.41. The summed E-state index contributed by atoms with van der Waals surface area (Å²) in [5.41, 5.74) is -2.76. The van der Waals surface area contributed by atoms with E-state index in [1.807, 2.05) is 5.10 Å². The van der Waals surface area contributed by atoms with E-state index in [0.717, 1.165) is 10.8 Å². The number of anilines is 1. The Morgan fingerprint density at radius 3 is 2.62 bits per heavy atom. The maximum absolute atomic E-state index is 13.5. The molecule has 39 heavy (non-hydrogen) atoms. The maximum Gasteiger partial charge on any atom is 0.451 e. The van der Waals surface area contributed by atoms with Crippen molar-refractivity contribution >= 4 is 11.6 Å². The molecule has 2 aliphatic rings. The summed E-state index contributed by atoms with van der Waals surface area (Å²) in [6.07, 6.45) is -7.47. The third-order valence-corrected chi connectivity index (χ3v) is 6.62. The van der Waals surface area contributed by atoms with Gasteiger partial charge in [-0.25, -0.2) is 5.10 Å². The van der Waals surface area contributed by atoms with Crippen molar-refractivity contribution in [1.29, 1.82) is 0 Å². The van der Waals surface area contributed by atoms with Crippen molar-refractivity contribution in [2.24, 2.45) is 0 Å². The standard InChI is InChI=1S/C23H21F6N7O3/c24-22(25,26)18-16(10-30-32-19(18)37)35-6-2-4-14(35)12-39-15-5-1-3-13(9-15)20(38)34-7-8-36-17(11-34)31-33-21(36)23(27,28)29/h1,3,5,9-10,14H,2,4,6-8,11-12H2,(H,32,37). The Morgan fingerprint density at radius 1 is 1.08 bits per heavy atom. The first-order valence-electron chi connectivity index (χ1n) is 11.9. The third kappa shape index (κ3) is 5.27. The number of carbonyl (C=O) groups excluding carboxylic acids is 1. The zero-order valence-electron chi connectivity index (χ0n) is 20.1. The molecule has 0 radical (unpaired) electrons. The number of ether oxygens (including phenoxy) is 1. The molecule has 1 N–H and O–H groups in total. The van der Waals surface area contributed by atoms with Crippen molar-refractivity contribution in [2.75, 3.05) is 24.6 Å². The van der Waals surface area contributed by atoms with E-state index >= 15 is 0 Å². The van der Waals surface area contributed by atoms with Crippen LogP contribution in [0.15, 0.2) is 35.3 Å². The van der Waals surface area contributed by atoms with Gasteiger partial charge in [0.25, 0.3) is 11.5 Å². The largest absolute Gasteiger partial charge is 0.491 e. The molecule has 0 bridgehead atoms. The number of carbonyl (C=O) groups is 1. The van der Waals surface area contributed by atoms with Gasteiger partial charge >= 0.3 is 12.4 Å². The fourth-order valence-electron chi connectivity index (χ4n) is 4.84. The maximum atomic E-state index is 13.5. The number of hydrogen-bond donors (Lipinski definition) is 1. The summed E-state index contributed by atoms with van der Waals surface area (Å²) in [7, 11) is 0. The first kappa shape index (κ1) is 26.5. The monoisotopic (exact) mass is 557 g/mol. The van der Waals surface area contributed by atoms with Gasteiger partial charge in [-0.15, -0.1) is 10.2 Å². The number of aromatic nitrogens is 5. The Bertz CT molecular complexity index is 1430. The molecule has 0 saturated carbocycles. The summed E-state index contributed by atoms with van der Waals surface area (Å²) in [4.78, 5) is 27.7. The number of rotatable bonds is 5. The molecule has 1 saturated heterocycles. The van der Waals surface area contributed by atoms with Gasteiger partial charge in [0.05, 0.1) is 24.5 Å². The highest BCUT2D eigenvalue weighted by Crippen LogP contribution is 2.36. The molecule has 1 atom stereocenters. The van der Waals surface area contributed by atoms with Gasteiger partial charge in [0.15, 0.2) is 5.82 Å². The zero-order chi connectivity index (χ0) is 27.9. The molecule has 4 heterocycles. The molecule has 2 aliphatic heterocycles. The lowest BCUT2D eigenvalue weighted by Gasteiger charge is -2.29. The first-order valence-corrected chi connectivity index (χ1v) is 11.9. The molecule has 16 heteroatoms. The smallest absolute Gasteiger partial charge is 0.451 e. The highest BCUT2D eigenvalue weighted by atomic mass is 19.4. The molecule has 1 unspecified atom stereocenters. The summed E-state index contributed by atoms with van der Waals surface area (Å²) >= 11 is 0. The molecule has 10 nitrogen and oxygen atoms in total. The van der Waals surface area contributed by atoms with Crippen molar-refractivity contribution in [3.8, 4) is 5.75 Å². The minimum absolute atomic E-state index is 0.0147. The van der Waals surface area contributed by atoms with Crippen molar-refractivity contribution < 1.29 is 35.9 Å². The van der Waals surface area contributed by atoms with Gasteiger partial charge in [0.2, 0.25) is 5.82 Å². The summed E-state index contributed by atoms with van der Waals surface area (Å²) in [6, 6.07) is 5.64. The average molecular weight is 557 g/mol. The summed E-state index contributed by atoms with van der Waals surface area (Å²) < 4.78 is 86.7. The first-order chi connectivity index (χ1) is 18.4. The molecule has 1 amide bonds. The van der Waals surface area contributed by atoms with Gasteiger partial charge < -0.3 is 19.1 Å². The Labute approximate surface area is 216 Å². The van der Waals surface area contributed by atoms with Gasteiger partial charge in [-0.3, -0.25) is 9.59 Å². The lowest BCUT2D eigenvalue weighted by Crippen LogP contribution is -2.39. The van der Waals surface area contributed by atoms with Crippen LogP contribution in [0.2, 0.25) is 0 Å². The van der Waals surface area contributed by atoms with E-state index in [-0.39, 0.29) is 55.6 Å².